The minimum Gasteiger partial charge on any atom is -0.870 e. The molecule has 0 aliphatic heterocycles. The van der Waals surface area contributed by atoms with E-state index in [2.05, 4.69) is 52.2 Å². The van der Waals surface area contributed by atoms with Crippen molar-refractivity contribution in [2.45, 2.75) is 78.1 Å². The molecule has 0 saturated heterocycles. The second-order valence-electron chi connectivity index (χ2n) is 7.43. The van der Waals surface area contributed by atoms with Gasteiger partial charge >= 0.3 is 0 Å². The first-order valence-corrected chi connectivity index (χ1v) is 9.46. The first kappa shape index (κ1) is 22.1. The van der Waals surface area contributed by atoms with Gasteiger partial charge in [-0.3, -0.25) is 4.48 Å². The molecule has 0 aliphatic carbocycles. The standard InChI is InChI=1S/C21H38N.H2O/c1-5-6-7-8-9-10-11-12-13-14-19-22(3,4)21-17-15-20(2)16-18-21;/h15-18H,5-14,19H2,1-4H3;1H2/q+1;/p-1. The van der Waals surface area contributed by atoms with Gasteiger partial charge in [-0.25, -0.2) is 0 Å². The number of hydrogen-bond acceptors (Lipinski definition) is 1. The summed E-state index contributed by atoms with van der Waals surface area (Å²) < 4.78 is 1.01. The van der Waals surface area contributed by atoms with Gasteiger partial charge in [0.15, 0.2) is 0 Å². The zero-order valence-electron chi connectivity index (χ0n) is 16.0. The molecule has 0 fully saturated rings. The Balaban J connectivity index is 0.00000484. The maximum atomic E-state index is 2.33. The molecule has 2 nitrogen and oxygen atoms in total. The zero-order chi connectivity index (χ0) is 16.3. The van der Waals surface area contributed by atoms with Crippen LogP contribution in [0, 0.1) is 6.92 Å². The summed E-state index contributed by atoms with van der Waals surface area (Å²) in [6, 6.07) is 9.03. The first-order valence-electron chi connectivity index (χ1n) is 9.46. The van der Waals surface area contributed by atoms with Crippen LogP contribution in [-0.2, 0) is 0 Å². The Morgan fingerprint density at radius 3 is 1.61 bits per heavy atom. The molecule has 0 aliphatic rings. The lowest BCUT2D eigenvalue weighted by molar-refractivity contribution is 0.380. The molecule has 1 N–H and O–H groups in total. The summed E-state index contributed by atoms with van der Waals surface area (Å²) in [5.74, 6) is 0. The number of aryl methyl sites for hydroxylation is 1. The second kappa shape index (κ2) is 12.5. The van der Waals surface area contributed by atoms with E-state index in [0.717, 1.165) is 4.48 Å². The summed E-state index contributed by atoms with van der Waals surface area (Å²) >= 11 is 0. The fourth-order valence-corrected chi connectivity index (χ4v) is 3.07. The van der Waals surface area contributed by atoms with Crippen LogP contribution in [0.15, 0.2) is 24.3 Å². The third-order valence-corrected chi connectivity index (χ3v) is 4.80. The minimum absolute atomic E-state index is 0. The molecule has 0 atom stereocenters. The molecule has 2 heteroatoms. The fourth-order valence-electron chi connectivity index (χ4n) is 3.07. The van der Waals surface area contributed by atoms with E-state index in [0.29, 0.717) is 0 Å². The van der Waals surface area contributed by atoms with E-state index >= 15 is 0 Å². The summed E-state index contributed by atoms with van der Waals surface area (Å²) in [5.41, 5.74) is 2.78. The Morgan fingerprint density at radius 1 is 0.696 bits per heavy atom. The van der Waals surface area contributed by atoms with Crippen LogP contribution in [0.2, 0.25) is 0 Å². The number of quaternary nitrogens is 1. The van der Waals surface area contributed by atoms with E-state index in [-0.39, 0.29) is 5.48 Å². The van der Waals surface area contributed by atoms with Crippen LogP contribution in [0.1, 0.15) is 76.7 Å². The predicted molar refractivity (Wildman–Crippen MR) is 103 cm³/mol. The molecule has 1 rings (SSSR count). The van der Waals surface area contributed by atoms with Gasteiger partial charge in [-0.15, -0.1) is 0 Å². The summed E-state index contributed by atoms with van der Waals surface area (Å²) in [5, 5.41) is 0. The molecule has 0 bridgehead atoms. The molecule has 0 saturated carbocycles. The molecule has 1 aromatic carbocycles. The van der Waals surface area contributed by atoms with Gasteiger partial charge in [0.05, 0.1) is 20.6 Å². The van der Waals surface area contributed by atoms with Gasteiger partial charge in [-0.05, 0) is 31.9 Å². The molecule has 0 amide bonds. The Hall–Kier alpha value is -0.860. The van der Waals surface area contributed by atoms with E-state index in [1.807, 2.05) is 0 Å². The summed E-state index contributed by atoms with van der Waals surface area (Å²) in [4.78, 5) is 0. The average molecular weight is 322 g/mol. The predicted octanol–water partition coefficient (Wildman–Crippen LogP) is 6.31. The quantitative estimate of drug-likeness (QED) is 0.328. The highest BCUT2D eigenvalue weighted by molar-refractivity contribution is 5.42. The second-order valence-corrected chi connectivity index (χ2v) is 7.43. The third kappa shape index (κ3) is 9.78. The van der Waals surface area contributed by atoms with Crippen LogP contribution in [0.5, 0.6) is 0 Å². The number of nitrogens with zero attached hydrogens (tertiary/aromatic N) is 1. The van der Waals surface area contributed by atoms with E-state index in [9.17, 15) is 0 Å². The molecule has 0 unspecified atom stereocenters. The van der Waals surface area contributed by atoms with Crippen molar-refractivity contribution in [1.29, 1.82) is 0 Å². The molecule has 0 heterocycles. The van der Waals surface area contributed by atoms with E-state index in [4.69, 9.17) is 0 Å². The molecule has 0 aromatic heterocycles. The van der Waals surface area contributed by atoms with Crippen molar-refractivity contribution in [3.63, 3.8) is 0 Å². The summed E-state index contributed by atoms with van der Waals surface area (Å²) in [7, 11) is 4.66. The van der Waals surface area contributed by atoms with Gasteiger partial charge in [-0.1, -0.05) is 76.0 Å². The SMILES string of the molecule is CCCCCCCCCCCC[N+](C)(C)c1ccc(C)cc1.[OH-]. The smallest absolute Gasteiger partial charge is 0.132 e. The van der Waals surface area contributed by atoms with Crippen molar-refractivity contribution in [1.82, 2.24) is 4.48 Å². The maximum Gasteiger partial charge on any atom is 0.132 e. The van der Waals surface area contributed by atoms with Crippen LogP contribution < -0.4 is 4.48 Å². The Morgan fingerprint density at radius 2 is 1.13 bits per heavy atom. The van der Waals surface area contributed by atoms with E-state index < -0.39 is 0 Å². The molecular weight excluding hydrogens is 282 g/mol. The first-order chi connectivity index (χ1) is 10.6. The number of hydrogen-bond donors (Lipinski definition) is 0. The summed E-state index contributed by atoms with van der Waals surface area (Å²) in [6.45, 7) is 5.70. The van der Waals surface area contributed by atoms with Crippen molar-refractivity contribution in [2.24, 2.45) is 0 Å². The zero-order valence-corrected chi connectivity index (χ0v) is 16.0. The van der Waals surface area contributed by atoms with Crippen LogP contribution in [-0.4, -0.2) is 26.1 Å². The fraction of sp³-hybridized carbons (Fsp3) is 0.714. The highest BCUT2D eigenvalue weighted by Gasteiger charge is 2.17. The van der Waals surface area contributed by atoms with Crippen LogP contribution >= 0.6 is 0 Å². The van der Waals surface area contributed by atoms with Crippen molar-refractivity contribution < 1.29 is 5.48 Å². The van der Waals surface area contributed by atoms with Crippen LogP contribution in [0.4, 0.5) is 5.69 Å². The van der Waals surface area contributed by atoms with Crippen LogP contribution in [0.25, 0.3) is 0 Å². The van der Waals surface area contributed by atoms with Gasteiger partial charge in [0, 0.05) is 0 Å². The highest BCUT2D eigenvalue weighted by atomic mass is 16.0. The lowest BCUT2D eigenvalue weighted by atomic mass is 10.1. The van der Waals surface area contributed by atoms with Crippen molar-refractivity contribution in [3.05, 3.63) is 29.8 Å². The topological polar surface area (TPSA) is 30.0 Å². The molecule has 1 aromatic rings. The largest absolute Gasteiger partial charge is 0.870 e. The van der Waals surface area contributed by atoms with Gasteiger partial charge in [-0.2, -0.15) is 0 Å². The van der Waals surface area contributed by atoms with Crippen molar-refractivity contribution >= 4 is 5.69 Å². The van der Waals surface area contributed by atoms with Gasteiger partial charge in [0.2, 0.25) is 0 Å². The van der Waals surface area contributed by atoms with Crippen molar-refractivity contribution in [3.8, 4) is 0 Å². The molecular formula is C21H39NO. The molecule has 0 radical (unpaired) electrons. The van der Waals surface area contributed by atoms with E-state index in [1.54, 1.807) is 0 Å². The maximum absolute atomic E-state index is 2.33. The third-order valence-electron chi connectivity index (χ3n) is 4.80. The lowest BCUT2D eigenvalue weighted by Gasteiger charge is -2.29. The average Bonchev–Trinajstić information content (AvgIpc) is 2.49. The lowest BCUT2D eigenvalue weighted by Crippen LogP contribution is -2.41. The van der Waals surface area contributed by atoms with Gasteiger partial charge < -0.3 is 5.48 Å². The van der Waals surface area contributed by atoms with E-state index in [1.165, 1.54) is 82.0 Å². The minimum atomic E-state index is 0. The normalized spacial score (nSPS) is 11.3. The number of unbranched alkanes of at least 4 members (excludes halogenated alkanes) is 9. The van der Waals surface area contributed by atoms with Gasteiger partial charge in [0.1, 0.15) is 5.69 Å². The highest BCUT2D eigenvalue weighted by Crippen LogP contribution is 2.20. The van der Waals surface area contributed by atoms with Crippen molar-refractivity contribution in [2.75, 3.05) is 20.6 Å². The Kier molecular flexibility index (Phi) is 12.1. The number of benzene rings is 1. The Bertz CT molecular complexity index is 383. The molecule has 23 heavy (non-hydrogen) atoms. The molecule has 134 valence electrons. The van der Waals surface area contributed by atoms with Crippen LogP contribution in [0.3, 0.4) is 0 Å². The Labute approximate surface area is 144 Å². The summed E-state index contributed by atoms with van der Waals surface area (Å²) in [6.07, 6.45) is 14.2. The monoisotopic (exact) mass is 321 g/mol. The molecule has 0 spiro atoms. The van der Waals surface area contributed by atoms with Gasteiger partial charge in [0.25, 0.3) is 0 Å². The number of rotatable bonds is 12.